The Labute approximate surface area is 104 Å². The number of ketones is 1. The molecular formula is C15H22O2. The predicted octanol–water partition coefficient (Wildman–Crippen LogP) is 3.28. The zero-order valence-corrected chi connectivity index (χ0v) is 11.0. The average Bonchev–Trinajstić information content (AvgIpc) is 2.93. The van der Waals surface area contributed by atoms with Gasteiger partial charge in [-0.1, -0.05) is 38.2 Å². The molecule has 0 unspecified atom stereocenters. The third-order valence-electron chi connectivity index (χ3n) is 4.08. The summed E-state index contributed by atoms with van der Waals surface area (Å²) in [6, 6.07) is 0. The monoisotopic (exact) mass is 234 g/mol. The predicted molar refractivity (Wildman–Crippen MR) is 68.7 cm³/mol. The molecule has 2 nitrogen and oxygen atoms in total. The van der Waals surface area contributed by atoms with Crippen molar-refractivity contribution < 1.29 is 9.53 Å². The van der Waals surface area contributed by atoms with E-state index < -0.39 is 5.60 Å². The smallest absolute Gasteiger partial charge is 0.167 e. The van der Waals surface area contributed by atoms with Crippen molar-refractivity contribution >= 4 is 5.78 Å². The Kier molecular flexibility index (Phi) is 3.26. The lowest BCUT2D eigenvalue weighted by Crippen LogP contribution is -2.27. The maximum atomic E-state index is 12.2. The molecule has 0 aromatic carbocycles. The second kappa shape index (κ2) is 4.41. The molecule has 1 aliphatic carbocycles. The average molecular weight is 234 g/mol. The van der Waals surface area contributed by atoms with Crippen LogP contribution in [0.15, 0.2) is 24.3 Å². The maximum absolute atomic E-state index is 12.2. The van der Waals surface area contributed by atoms with Crippen LogP contribution < -0.4 is 0 Å². The fourth-order valence-electron chi connectivity index (χ4n) is 2.44. The number of allylic oxidation sites excluding steroid dienone is 3. The quantitative estimate of drug-likeness (QED) is 0.652. The summed E-state index contributed by atoms with van der Waals surface area (Å²) in [4.78, 5) is 12.2. The minimum atomic E-state index is -0.501. The van der Waals surface area contributed by atoms with E-state index in [-0.39, 0.29) is 11.9 Å². The van der Waals surface area contributed by atoms with Gasteiger partial charge in [0.25, 0.3) is 0 Å². The molecule has 0 bridgehead atoms. The van der Waals surface area contributed by atoms with Crippen LogP contribution in [0.4, 0.5) is 0 Å². The SMILES string of the molecule is C=C1/C=C/[C@H](C(C)C)CC(=O)[C@@]2(C)O[C@@H]2CC1. The highest BCUT2D eigenvalue weighted by Crippen LogP contribution is 2.43. The first kappa shape index (κ1) is 12.6. The lowest BCUT2D eigenvalue weighted by molar-refractivity contribution is -0.124. The van der Waals surface area contributed by atoms with E-state index in [1.54, 1.807) is 0 Å². The molecule has 0 aromatic rings. The van der Waals surface area contributed by atoms with Crippen molar-refractivity contribution in [1.29, 1.82) is 0 Å². The van der Waals surface area contributed by atoms with Crippen LogP contribution in [0, 0.1) is 11.8 Å². The van der Waals surface area contributed by atoms with Crippen LogP contribution in [0.5, 0.6) is 0 Å². The molecule has 3 atom stereocenters. The number of carbonyl (C=O) groups excluding carboxylic acids is 1. The molecule has 2 rings (SSSR count). The summed E-state index contributed by atoms with van der Waals surface area (Å²) in [6.45, 7) is 10.3. The number of epoxide rings is 1. The van der Waals surface area contributed by atoms with Crippen LogP contribution in [-0.4, -0.2) is 17.5 Å². The molecule has 0 saturated carbocycles. The highest BCUT2D eigenvalue weighted by Gasteiger charge is 2.57. The molecule has 2 heteroatoms. The Bertz CT molecular complexity index is 367. The Morgan fingerprint density at radius 1 is 1.53 bits per heavy atom. The Morgan fingerprint density at radius 3 is 2.88 bits per heavy atom. The van der Waals surface area contributed by atoms with Crippen molar-refractivity contribution in [2.24, 2.45) is 11.8 Å². The number of carbonyl (C=O) groups is 1. The van der Waals surface area contributed by atoms with Crippen molar-refractivity contribution in [1.82, 2.24) is 0 Å². The summed E-state index contributed by atoms with van der Waals surface area (Å²) in [5, 5.41) is 0. The van der Waals surface area contributed by atoms with E-state index in [0.29, 0.717) is 18.3 Å². The van der Waals surface area contributed by atoms with Crippen LogP contribution in [0.1, 0.15) is 40.0 Å². The first-order valence-corrected chi connectivity index (χ1v) is 6.50. The number of fused-ring (bicyclic) bond motifs is 1. The van der Waals surface area contributed by atoms with Gasteiger partial charge in [-0.25, -0.2) is 0 Å². The highest BCUT2D eigenvalue weighted by atomic mass is 16.6. The molecule has 0 spiro atoms. The van der Waals surface area contributed by atoms with Crippen molar-refractivity contribution in [2.45, 2.75) is 51.7 Å². The van der Waals surface area contributed by atoms with E-state index in [0.717, 1.165) is 18.4 Å². The first-order valence-electron chi connectivity index (χ1n) is 6.50. The molecule has 0 N–H and O–H groups in total. The lowest BCUT2D eigenvalue weighted by atomic mass is 9.84. The van der Waals surface area contributed by atoms with Gasteiger partial charge in [0.05, 0.1) is 6.10 Å². The summed E-state index contributed by atoms with van der Waals surface area (Å²) in [5.41, 5.74) is 0.640. The number of hydrogen-bond acceptors (Lipinski definition) is 2. The summed E-state index contributed by atoms with van der Waals surface area (Å²) in [5.74, 6) is 1.04. The van der Waals surface area contributed by atoms with Gasteiger partial charge in [-0.15, -0.1) is 0 Å². The normalized spacial score (nSPS) is 40.0. The van der Waals surface area contributed by atoms with Gasteiger partial charge in [0, 0.05) is 6.42 Å². The molecule has 0 radical (unpaired) electrons. The zero-order valence-electron chi connectivity index (χ0n) is 11.0. The topological polar surface area (TPSA) is 29.6 Å². The molecule has 17 heavy (non-hydrogen) atoms. The van der Waals surface area contributed by atoms with Crippen LogP contribution >= 0.6 is 0 Å². The summed E-state index contributed by atoms with van der Waals surface area (Å²) in [6.07, 6.45) is 6.78. The van der Waals surface area contributed by atoms with Gasteiger partial charge in [0.2, 0.25) is 0 Å². The molecule has 1 aliphatic heterocycles. The molecule has 0 amide bonds. The number of hydrogen-bond donors (Lipinski definition) is 0. The molecular weight excluding hydrogens is 212 g/mol. The van der Waals surface area contributed by atoms with Gasteiger partial charge in [-0.3, -0.25) is 4.79 Å². The first-order chi connectivity index (χ1) is 7.93. The fraction of sp³-hybridized carbons (Fsp3) is 0.667. The third-order valence-corrected chi connectivity index (χ3v) is 4.08. The van der Waals surface area contributed by atoms with Gasteiger partial charge < -0.3 is 4.74 Å². The molecule has 2 aliphatic rings. The van der Waals surface area contributed by atoms with Crippen LogP contribution in [-0.2, 0) is 9.53 Å². The summed E-state index contributed by atoms with van der Waals surface area (Å²) in [7, 11) is 0. The minimum Gasteiger partial charge on any atom is -0.358 e. The summed E-state index contributed by atoms with van der Waals surface area (Å²) >= 11 is 0. The second-order valence-electron chi connectivity index (χ2n) is 5.80. The van der Waals surface area contributed by atoms with E-state index in [4.69, 9.17) is 4.74 Å². The van der Waals surface area contributed by atoms with Gasteiger partial charge in [0.15, 0.2) is 5.78 Å². The van der Waals surface area contributed by atoms with Crippen LogP contribution in [0.25, 0.3) is 0 Å². The van der Waals surface area contributed by atoms with E-state index >= 15 is 0 Å². The van der Waals surface area contributed by atoms with Crippen molar-refractivity contribution in [2.75, 3.05) is 0 Å². The van der Waals surface area contributed by atoms with E-state index in [1.165, 1.54) is 0 Å². The van der Waals surface area contributed by atoms with Gasteiger partial charge >= 0.3 is 0 Å². The van der Waals surface area contributed by atoms with E-state index in [1.807, 2.05) is 6.92 Å². The molecule has 0 aromatic heterocycles. The third kappa shape index (κ3) is 2.52. The molecule has 1 fully saturated rings. The van der Waals surface area contributed by atoms with Crippen molar-refractivity contribution in [3.8, 4) is 0 Å². The largest absolute Gasteiger partial charge is 0.358 e. The Balaban J connectivity index is 2.18. The standard InChI is InChI=1S/C15H22O2/c1-10(2)12-7-5-11(3)6-8-14-15(4,17-14)13(16)9-12/h5,7,10,12,14H,3,6,8-9H2,1-2,4H3/b7-5+/t12-,14+,15+/m0/s1. The maximum Gasteiger partial charge on any atom is 0.167 e. The lowest BCUT2D eigenvalue weighted by Gasteiger charge is -2.18. The van der Waals surface area contributed by atoms with Gasteiger partial charge in [-0.05, 0) is 31.6 Å². The molecule has 1 heterocycles. The Morgan fingerprint density at radius 2 is 2.24 bits per heavy atom. The second-order valence-corrected chi connectivity index (χ2v) is 5.80. The van der Waals surface area contributed by atoms with Gasteiger partial charge in [0.1, 0.15) is 5.60 Å². The fourth-order valence-corrected chi connectivity index (χ4v) is 2.44. The highest BCUT2D eigenvalue weighted by molar-refractivity contribution is 5.90. The number of ether oxygens (including phenoxy) is 1. The molecule has 1 saturated heterocycles. The Hall–Kier alpha value is -0.890. The van der Waals surface area contributed by atoms with E-state index in [9.17, 15) is 4.79 Å². The van der Waals surface area contributed by atoms with E-state index in [2.05, 4.69) is 32.6 Å². The van der Waals surface area contributed by atoms with Crippen molar-refractivity contribution in [3.63, 3.8) is 0 Å². The van der Waals surface area contributed by atoms with Crippen LogP contribution in [0.3, 0.4) is 0 Å². The minimum absolute atomic E-state index is 0.117. The van der Waals surface area contributed by atoms with Gasteiger partial charge in [-0.2, -0.15) is 0 Å². The molecule has 94 valence electrons. The number of Topliss-reactive ketones (excluding diaryl/α,β-unsaturated/α-hetero) is 1. The van der Waals surface area contributed by atoms with Crippen molar-refractivity contribution in [3.05, 3.63) is 24.3 Å². The zero-order chi connectivity index (χ0) is 12.6. The summed E-state index contributed by atoms with van der Waals surface area (Å²) < 4.78 is 5.61. The number of rotatable bonds is 1. The van der Waals surface area contributed by atoms with Crippen LogP contribution in [0.2, 0.25) is 0 Å².